The van der Waals surface area contributed by atoms with Crippen molar-refractivity contribution in [2.45, 2.75) is 51.5 Å². The van der Waals surface area contributed by atoms with E-state index in [0.717, 1.165) is 18.5 Å². The van der Waals surface area contributed by atoms with Crippen LogP contribution in [0.3, 0.4) is 0 Å². The summed E-state index contributed by atoms with van der Waals surface area (Å²) in [7, 11) is 0. The van der Waals surface area contributed by atoms with Crippen LogP contribution in [0, 0.1) is 0 Å². The molecule has 0 N–H and O–H groups in total. The van der Waals surface area contributed by atoms with Gasteiger partial charge in [-0.05, 0) is 19.8 Å². The predicted octanol–water partition coefficient (Wildman–Crippen LogP) is 2.08. The highest BCUT2D eigenvalue weighted by atomic mass is 15.5. The van der Waals surface area contributed by atoms with Crippen LogP contribution in [0.4, 0.5) is 0 Å². The summed E-state index contributed by atoms with van der Waals surface area (Å²) in [6.07, 6.45) is 2.72. The zero-order valence-electron chi connectivity index (χ0n) is 9.76. The molecule has 3 heteroatoms. The van der Waals surface area contributed by atoms with Gasteiger partial charge in [-0.2, -0.15) is 0 Å². The van der Waals surface area contributed by atoms with Crippen molar-refractivity contribution in [3.05, 3.63) is 11.9 Å². The molecule has 1 saturated carbocycles. The highest BCUT2D eigenvalue weighted by Gasteiger charge is 2.41. The highest BCUT2D eigenvalue weighted by molar-refractivity contribution is 5.09. The van der Waals surface area contributed by atoms with Gasteiger partial charge in [0.05, 0.1) is 12.6 Å². The first kappa shape index (κ1) is 7.54. The standard InChI is InChI=1S/C10H17N3/c1-9(2,3)8-7-13(12-11-8)10(4)5-6-10/h7H,5-6H2,1-4H3/i7D. The zero-order chi connectivity index (χ0) is 10.6. The number of nitrogens with zero attached hydrogens (tertiary/aromatic N) is 3. The van der Waals surface area contributed by atoms with Gasteiger partial charge in [0.2, 0.25) is 0 Å². The summed E-state index contributed by atoms with van der Waals surface area (Å²) in [6, 6.07) is 0. The van der Waals surface area contributed by atoms with Crippen molar-refractivity contribution in [2.75, 3.05) is 0 Å². The van der Waals surface area contributed by atoms with E-state index >= 15 is 0 Å². The summed E-state index contributed by atoms with van der Waals surface area (Å²) in [5, 5.41) is 8.21. The second-order valence-electron chi connectivity index (χ2n) is 5.21. The Labute approximate surface area is 80.5 Å². The Balaban J connectivity index is 2.43. The van der Waals surface area contributed by atoms with E-state index in [1.54, 1.807) is 4.68 Å². The molecule has 3 nitrogen and oxygen atoms in total. The van der Waals surface area contributed by atoms with Crippen molar-refractivity contribution in [1.29, 1.82) is 0 Å². The van der Waals surface area contributed by atoms with E-state index in [2.05, 4.69) is 38.0 Å². The van der Waals surface area contributed by atoms with Gasteiger partial charge in [0, 0.05) is 11.6 Å². The lowest BCUT2D eigenvalue weighted by Gasteiger charge is -2.13. The molecule has 1 fully saturated rings. The van der Waals surface area contributed by atoms with E-state index in [1.165, 1.54) is 0 Å². The van der Waals surface area contributed by atoms with Crippen LogP contribution >= 0.6 is 0 Å². The Morgan fingerprint density at radius 1 is 1.54 bits per heavy atom. The Bertz CT molecular complexity index is 335. The summed E-state index contributed by atoms with van der Waals surface area (Å²) < 4.78 is 9.79. The Hall–Kier alpha value is -0.860. The molecule has 1 aromatic heterocycles. The molecule has 1 aromatic rings. The first-order valence-electron chi connectivity index (χ1n) is 5.28. The Morgan fingerprint density at radius 2 is 2.15 bits per heavy atom. The van der Waals surface area contributed by atoms with Crippen LogP contribution in [0.15, 0.2) is 6.17 Å². The molecule has 0 bridgehead atoms. The maximum Gasteiger partial charge on any atom is 0.0880 e. The van der Waals surface area contributed by atoms with Crippen LogP contribution in [0.2, 0.25) is 0 Å². The average Bonchev–Trinajstić information content (AvgIpc) is 2.60. The van der Waals surface area contributed by atoms with Gasteiger partial charge in [0.15, 0.2) is 0 Å². The summed E-state index contributed by atoms with van der Waals surface area (Å²) in [4.78, 5) is 0. The summed E-state index contributed by atoms with van der Waals surface area (Å²) >= 11 is 0. The molecule has 0 aromatic carbocycles. The molecular weight excluding hydrogens is 162 g/mol. The second-order valence-corrected chi connectivity index (χ2v) is 5.21. The van der Waals surface area contributed by atoms with Crippen LogP contribution in [0.25, 0.3) is 0 Å². The van der Waals surface area contributed by atoms with E-state index in [1.807, 2.05) is 0 Å². The third-order valence-corrected chi connectivity index (χ3v) is 2.64. The molecular formula is C10H17N3. The van der Waals surface area contributed by atoms with E-state index in [0.29, 0.717) is 6.17 Å². The summed E-state index contributed by atoms with van der Waals surface area (Å²) in [5.41, 5.74) is 0.791. The molecule has 0 atom stereocenters. The highest BCUT2D eigenvalue weighted by Crippen LogP contribution is 2.42. The molecule has 0 saturated heterocycles. The van der Waals surface area contributed by atoms with E-state index < -0.39 is 0 Å². The number of aromatic nitrogens is 3. The molecule has 0 unspecified atom stereocenters. The van der Waals surface area contributed by atoms with E-state index in [-0.39, 0.29) is 11.0 Å². The summed E-state index contributed by atoms with van der Waals surface area (Å²) in [5.74, 6) is 0. The molecule has 0 amide bonds. The number of hydrogen-bond acceptors (Lipinski definition) is 2. The molecule has 0 radical (unpaired) electrons. The van der Waals surface area contributed by atoms with Crippen molar-refractivity contribution in [1.82, 2.24) is 15.0 Å². The normalized spacial score (nSPS) is 21.4. The molecule has 2 rings (SSSR count). The van der Waals surface area contributed by atoms with E-state index in [9.17, 15) is 0 Å². The Morgan fingerprint density at radius 3 is 2.54 bits per heavy atom. The zero-order valence-corrected chi connectivity index (χ0v) is 8.76. The van der Waals surface area contributed by atoms with Crippen molar-refractivity contribution in [3.63, 3.8) is 0 Å². The minimum atomic E-state index is -0.0828. The van der Waals surface area contributed by atoms with Crippen molar-refractivity contribution >= 4 is 0 Å². The number of hydrogen-bond donors (Lipinski definition) is 0. The number of rotatable bonds is 1. The van der Waals surface area contributed by atoms with Gasteiger partial charge in [-0.15, -0.1) is 5.10 Å². The van der Waals surface area contributed by atoms with E-state index in [4.69, 9.17) is 1.37 Å². The Kier molecular flexibility index (Phi) is 1.35. The summed E-state index contributed by atoms with van der Waals surface area (Å²) in [6.45, 7) is 8.32. The van der Waals surface area contributed by atoms with Crippen LogP contribution in [0.5, 0.6) is 0 Å². The van der Waals surface area contributed by atoms with Gasteiger partial charge in [-0.25, -0.2) is 4.68 Å². The first-order valence-corrected chi connectivity index (χ1v) is 4.78. The van der Waals surface area contributed by atoms with Crippen molar-refractivity contribution in [3.8, 4) is 0 Å². The van der Waals surface area contributed by atoms with Gasteiger partial charge < -0.3 is 0 Å². The van der Waals surface area contributed by atoms with Crippen LogP contribution in [0.1, 0.15) is 47.6 Å². The fraction of sp³-hybridized carbons (Fsp3) is 0.800. The molecule has 1 aliphatic rings. The molecule has 0 aliphatic heterocycles. The van der Waals surface area contributed by atoms with Crippen LogP contribution in [-0.2, 0) is 11.0 Å². The smallest absolute Gasteiger partial charge is 0.0880 e. The van der Waals surface area contributed by atoms with Crippen LogP contribution < -0.4 is 0 Å². The van der Waals surface area contributed by atoms with Gasteiger partial charge in [-0.3, -0.25) is 0 Å². The lowest BCUT2D eigenvalue weighted by Crippen LogP contribution is -2.13. The van der Waals surface area contributed by atoms with Gasteiger partial charge in [0.1, 0.15) is 0 Å². The largest absolute Gasteiger partial charge is 0.246 e. The SMILES string of the molecule is [2H]c1c(C(C)(C)C)nnn1C1(C)CC1. The van der Waals surface area contributed by atoms with Crippen LogP contribution in [-0.4, -0.2) is 15.0 Å². The lowest BCUT2D eigenvalue weighted by molar-refractivity contribution is 0.458. The third kappa shape index (κ3) is 1.47. The predicted molar refractivity (Wildman–Crippen MR) is 51.6 cm³/mol. The molecule has 1 heterocycles. The first-order chi connectivity index (χ1) is 6.34. The quantitative estimate of drug-likeness (QED) is 0.662. The maximum absolute atomic E-state index is 8.02. The fourth-order valence-corrected chi connectivity index (χ4v) is 1.19. The molecule has 0 spiro atoms. The molecule has 72 valence electrons. The van der Waals surface area contributed by atoms with Gasteiger partial charge in [-0.1, -0.05) is 26.0 Å². The fourth-order valence-electron chi connectivity index (χ4n) is 1.19. The minimum Gasteiger partial charge on any atom is -0.246 e. The minimum absolute atomic E-state index is 0.0770. The van der Waals surface area contributed by atoms with Gasteiger partial charge in [0.25, 0.3) is 0 Å². The third-order valence-electron chi connectivity index (χ3n) is 2.64. The van der Waals surface area contributed by atoms with Gasteiger partial charge >= 0.3 is 0 Å². The topological polar surface area (TPSA) is 30.7 Å². The molecule has 1 aliphatic carbocycles. The monoisotopic (exact) mass is 180 g/mol. The average molecular weight is 180 g/mol. The van der Waals surface area contributed by atoms with Crippen molar-refractivity contribution in [2.24, 2.45) is 0 Å². The molecule has 13 heavy (non-hydrogen) atoms. The maximum atomic E-state index is 8.02. The van der Waals surface area contributed by atoms with Crippen molar-refractivity contribution < 1.29 is 1.37 Å². The lowest BCUT2D eigenvalue weighted by atomic mass is 9.93. The second kappa shape index (κ2) is 2.34.